The Morgan fingerprint density at radius 2 is 2.50 bits per heavy atom. The summed E-state index contributed by atoms with van der Waals surface area (Å²) in [4.78, 5) is 10.5. The van der Waals surface area contributed by atoms with Crippen molar-refractivity contribution in [3.8, 4) is 0 Å². The molecule has 0 aliphatic heterocycles. The highest BCUT2D eigenvalue weighted by molar-refractivity contribution is 7.08. The number of carboxylic acid groups (broad SMARTS) is 1. The van der Waals surface area contributed by atoms with Crippen LogP contribution in [0.25, 0.3) is 0 Å². The molecule has 0 amide bonds. The number of hydrogen-bond donors (Lipinski definition) is 2. The van der Waals surface area contributed by atoms with Crippen LogP contribution in [0.1, 0.15) is 10.5 Å². The van der Waals surface area contributed by atoms with E-state index >= 15 is 0 Å². The second-order valence-electron chi connectivity index (χ2n) is 3.11. The first kappa shape index (κ1) is 10.6. The van der Waals surface area contributed by atoms with Crippen LogP contribution in [-0.2, 0) is 6.54 Å². The van der Waals surface area contributed by atoms with Crippen LogP contribution in [0.5, 0.6) is 0 Å². The second-order valence-corrected chi connectivity index (χ2v) is 3.89. The topological polar surface area (TPSA) is 80.0 Å². The number of nitrogens with zero attached hydrogens (tertiary/aromatic N) is 3. The molecular formula is C9H10N4O2S. The second kappa shape index (κ2) is 4.75. The molecule has 0 atom stereocenters. The summed E-state index contributed by atoms with van der Waals surface area (Å²) >= 11 is 1.62. The van der Waals surface area contributed by atoms with Crippen molar-refractivity contribution in [3.63, 3.8) is 0 Å². The van der Waals surface area contributed by atoms with Gasteiger partial charge in [0, 0.05) is 17.6 Å². The van der Waals surface area contributed by atoms with E-state index in [0.29, 0.717) is 13.1 Å². The molecule has 6 nitrogen and oxygen atoms in total. The molecule has 0 unspecified atom stereocenters. The lowest BCUT2D eigenvalue weighted by molar-refractivity contribution is 0.0690. The Morgan fingerprint density at radius 3 is 3.12 bits per heavy atom. The van der Waals surface area contributed by atoms with E-state index in [0.717, 1.165) is 5.69 Å². The van der Waals surface area contributed by atoms with Gasteiger partial charge in [-0.3, -0.25) is 0 Å². The van der Waals surface area contributed by atoms with Gasteiger partial charge >= 0.3 is 5.97 Å². The fourth-order valence-corrected chi connectivity index (χ4v) is 1.80. The molecule has 2 heterocycles. The van der Waals surface area contributed by atoms with Gasteiger partial charge in [-0.2, -0.15) is 11.3 Å². The highest BCUT2D eigenvalue weighted by Crippen LogP contribution is 2.10. The van der Waals surface area contributed by atoms with E-state index in [1.54, 1.807) is 11.3 Å². The maximum Gasteiger partial charge on any atom is 0.358 e. The van der Waals surface area contributed by atoms with Crippen molar-refractivity contribution in [3.05, 3.63) is 28.7 Å². The van der Waals surface area contributed by atoms with Gasteiger partial charge in [0.25, 0.3) is 0 Å². The van der Waals surface area contributed by atoms with Crippen molar-refractivity contribution in [2.45, 2.75) is 6.54 Å². The van der Waals surface area contributed by atoms with E-state index < -0.39 is 5.97 Å². The average molecular weight is 238 g/mol. The summed E-state index contributed by atoms with van der Waals surface area (Å²) in [6, 6.07) is 1.98. The molecule has 0 aliphatic carbocycles. The van der Waals surface area contributed by atoms with Crippen molar-refractivity contribution >= 4 is 23.0 Å². The van der Waals surface area contributed by atoms with Gasteiger partial charge in [0.2, 0.25) is 0 Å². The predicted octanol–water partition coefficient (Wildman–Crippen LogP) is 1.15. The number of nitrogens with one attached hydrogen (secondary N) is 1. The maximum absolute atomic E-state index is 10.5. The van der Waals surface area contributed by atoms with Gasteiger partial charge in [-0.15, -0.1) is 5.10 Å². The third-order valence-electron chi connectivity index (χ3n) is 1.95. The van der Waals surface area contributed by atoms with Crippen molar-refractivity contribution in [2.24, 2.45) is 0 Å². The number of hydrogen-bond acceptors (Lipinski definition) is 5. The lowest BCUT2D eigenvalue weighted by Gasteiger charge is -2.02. The summed E-state index contributed by atoms with van der Waals surface area (Å²) < 4.78 is 1.50. The Hall–Kier alpha value is -1.89. The summed E-state index contributed by atoms with van der Waals surface area (Å²) in [5.74, 6) is -1.06. The van der Waals surface area contributed by atoms with Crippen LogP contribution >= 0.6 is 11.3 Å². The first-order valence-corrected chi connectivity index (χ1v) is 5.59. The van der Waals surface area contributed by atoms with Crippen molar-refractivity contribution in [2.75, 3.05) is 11.9 Å². The molecule has 0 saturated carbocycles. The quantitative estimate of drug-likeness (QED) is 0.816. The van der Waals surface area contributed by atoms with Gasteiger partial charge in [0.15, 0.2) is 5.69 Å². The lowest BCUT2D eigenvalue weighted by Crippen LogP contribution is -2.10. The maximum atomic E-state index is 10.5. The smallest absolute Gasteiger partial charge is 0.358 e. The molecular weight excluding hydrogens is 228 g/mol. The Morgan fingerprint density at radius 1 is 1.62 bits per heavy atom. The van der Waals surface area contributed by atoms with E-state index in [9.17, 15) is 4.79 Å². The minimum atomic E-state index is -1.06. The molecule has 0 bridgehead atoms. The molecule has 84 valence electrons. The van der Waals surface area contributed by atoms with E-state index in [-0.39, 0.29) is 5.69 Å². The molecule has 0 aliphatic rings. The van der Waals surface area contributed by atoms with Gasteiger partial charge in [0.1, 0.15) is 0 Å². The Kier molecular flexibility index (Phi) is 3.16. The molecule has 0 saturated heterocycles. The predicted molar refractivity (Wildman–Crippen MR) is 59.8 cm³/mol. The molecule has 0 spiro atoms. The van der Waals surface area contributed by atoms with E-state index in [2.05, 4.69) is 15.6 Å². The zero-order chi connectivity index (χ0) is 11.4. The van der Waals surface area contributed by atoms with Crippen molar-refractivity contribution in [1.82, 2.24) is 15.0 Å². The van der Waals surface area contributed by atoms with E-state index in [1.165, 1.54) is 10.9 Å². The van der Waals surface area contributed by atoms with Crippen LogP contribution in [0.4, 0.5) is 5.69 Å². The standard InChI is InChI=1S/C9H10N4O2S/c14-9(15)8-5-13(12-11-8)3-2-10-7-1-4-16-6-7/h1,4-6,10H,2-3H2,(H,14,15). The molecule has 0 aromatic carbocycles. The third-order valence-corrected chi connectivity index (χ3v) is 2.63. The van der Waals surface area contributed by atoms with Crippen LogP contribution < -0.4 is 5.32 Å². The molecule has 2 aromatic rings. The Bertz CT molecular complexity index is 466. The molecule has 2 aromatic heterocycles. The number of rotatable bonds is 5. The molecule has 2 rings (SSSR count). The minimum Gasteiger partial charge on any atom is -0.476 e. The molecule has 0 radical (unpaired) electrons. The van der Waals surface area contributed by atoms with Crippen LogP contribution in [0.15, 0.2) is 23.0 Å². The minimum absolute atomic E-state index is 0.0319. The summed E-state index contributed by atoms with van der Waals surface area (Å²) in [6.45, 7) is 1.26. The number of thiophene rings is 1. The Labute approximate surface area is 95.5 Å². The van der Waals surface area contributed by atoms with E-state index in [1.807, 2.05) is 16.8 Å². The first-order valence-electron chi connectivity index (χ1n) is 4.65. The van der Waals surface area contributed by atoms with E-state index in [4.69, 9.17) is 5.11 Å². The number of anilines is 1. The van der Waals surface area contributed by atoms with Crippen LogP contribution in [0, 0.1) is 0 Å². The number of carboxylic acids is 1. The van der Waals surface area contributed by atoms with Gasteiger partial charge in [-0.25, -0.2) is 9.48 Å². The molecule has 0 fully saturated rings. The zero-order valence-corrected chi connectivity index (χ0v) is 9.15. The fourth-order valence-electron chi connectivity index (χ4n) is 1.19. The van der Waals surface area contributed by atoms with Crippen LogP contribution in [0.2, 0.25) is 0 Å². The summed E-state index contributed by atoms with van der Waals surface area (Å²) in [5.41, 5.74) is 1.03. The largest absolute Gasteiger partial charge is 0.476 e. The summed E-state index contributed by atoms with van der Waals surface area (Å²) in [5, 5.41) is 23.0. The molecule has 7 heteroatoms. The summed E-state index contributed by atoms with van der Waals surface area (Å²) in [6.07, 6.45) is 1.41. The average Bonchev–Trinajstić information content (AvgIpc) is 2.87. The number of carbonyl (C=O) groups is 1. The monoisotopic (exact) mass is 238 g/mol. The highest BCUT2D eigenvalue weighted by Gasteiger charge is 2.07. The lowest BCUT2D eigenvalue weighted by atomic mass is 10.5. The summed E-state index contributed by atoms with van der Waals surface area (Å²) in [7, 11) is 0. The van der Waals surface area contributed by atoms with Gasteiger partial charge in [0.05, 0.1) is 12.7 Å². The van der Waals surface area contributed by atoms with Crippen molar-refractivity contribution < 1.29 is 9.90 Å². The molecule has 2 N–H and O–H groups in total. The number of aromatic nitrogens is 3. The third kappa shape index (κ3) is 2.57. The highest BCUT2D eigenvalue weighted by atomic mass is 32.1. The zero-order valence-electron chi connectivity index (χ0n) is 8.33. The van der Waals surface area contributed by atoms with Crippen LogP contribution in [0.3, 0.4) is 0 Å². The Balaban J connectivity index is 1.83. The first-order chi connectivity index (χ1) is 7.75. The number of aromatic carboxylic acids is 1. The van der Waals surface area contributed by atoms with Gasteiger partial charge < -0.3 is 10.4 Å². The van der Waals surface area contributed by atoms with Gasteiger partial charge in [-0.05, 0) is 11.4 Å². The van der Waals surface area contributed by atoms with Crippen LogP contribution in [-0.4, -0.2) is 32.6 Å². The normalized spacial score (nSPS) is 10.2. The fraction of sp³-hybridized carbons (Fsp3) is 0.222. The molecule has 16 heavy (non-hydrogen) atoms. The van der Waals surface area contributed by atoms with Crippen molar-refractivity contribution in [1.29, 1.82) is 0 Å². The van der Waals surface area contributed by atoms with Gasteiger partial charge in [-0.1, -0.05) is 5.21 Å². The SMILES string of the molecule is O=C(O)c1cn(CCNc2ccsc2)nn1.